The van der Waals surface area contributed by atoms with Gasteiger partial charge in [0, 0.05) is 0 Å². The Balaban J connectivity index is 2.21. The summed E-state index contributed by atoms with van der Waals surface area (Å²) < 4.78 is 53.3. The number of hydrogen-bond donors (Lipinski definition) is 0. The topological polar surface area (TPSA) is 0 Å². The predicted molar refractivity (Wildman–Crippen MR) is 75.3 cm³/mol. The molecule has 2 aromatic carbocycles. The first kappa shape index (κ1) is 15.5. The molecule has 0 amide bonds. The molecule has 0 saturated heterocycles. The van der Waals surface area contributed by atoms with Gasteiger partial charge in [-0.1, -0.05) is 18.6 Å². The summed E-state index contributed by atoms with van der Waals surface area (Å²) >= 11 is 0. The molecule has 0 nitrogen and oxygen atoms in total. The quantitative estimate of drug-likeness (QED) is 0.491. The number of rotatable bonds is 6. The highest BCUT2D eigenvalue weighted by atomic mass is 19.1. The van der Waals surface area contributed by atoms with Gasteiger partial charge >= 0.3 is 0 Å². The molecular weight excluding hydrogens is 280 g/mol. The molecule has 0 N–H and O–H groups in total. The third-order valence-electron chi connectivity index (χ3n) is 3.31. The molecule has 0 bridgehead atoms. The maximum atomic E-state index is 14.1. The Morgan fingerprint density at radius 3 is 2.14 bits per heavy atom. The smallest absolute Gasteiger partial charge is 0.134 e. The molecule has 0 atom stereocenters. The maximum absolute atomic E-state index is 14.1. The first-order valence-electron chi connectivity index (χ1n) is 6.91. The van der Waals surface area contributed by atoms with E-state index in [4.69, 9.17) is 0 Å². The number of alkyl halides is 1. The first-order valence-corrected chi connectivity index (χ1v) is 6.91. The Hall–Kier alpha value is -1.84. The highest BCUT2D eigenvalue weighted by Gasteiger charge is 2.13. The standard InChI is InChI=1S/C17H16F4/c18-8-3-1-2-5-12-9-15(20)17(16(21)10-12)13-6-4-7-14(19)11-13/h4,6-7,9-11H,1-3,5,8H2. The highest BCUT2D eigenvalue weighted by molar-refractivity contribution is 5.65. The minimum absolute atomic E-state index is 0.175. The van der Waals surface area contributed by atoms with Gasteiger partial charge in [-0.05, 0) is 54.7 Å². The minimum atomic E-state index is -0.707. The number of hydrogen-bond acceptors (Lipinski definition) is 0. The Morgan fingerprint density at radius 2 is 1.52 bits per heavy atom. The van der Waals surface area contributed by atoms with E-state index < -0.39 is 17.5 Å². The van der Waals surface area contributed by atoms with Crippen LogP contribution in [0.15, 0.2) is 36.4 Å². The fraction of sp³-hybridized carbons (Fsp3) is 0.294. The molecule has 2 rings (SSSR count). The molecule has 0 heterocycles. The average molecular weight is 296 g/mol. The molecule has 0 saturated carbocycles. The van der Waals surface area contributed by atoms with E-state index in [2.05, 4.69) is 0 Å². The molecule has 0 aromatic heterocycles. The molecule has 0 unspecified atom stereocenters. The van der Waals surface area contributed by atoms with Gasteiger partial charge in [0.1, 0.15) is 17.5 Å². The van der Waals surface area contributed by atoms with E-state index in [9.17, 15) is 17.6 Å². The fourth-order valence-corrected chi connectivity index (χ4v) is 2.29. The van der Waals surface area contributed by atoms with Crippen LogP contribution in [0, 0.1) is 17.5 Å². The van der Waals surface area contributed by atoms with Gasteiger partial charge in [-0.25, -0.2) is 13.2 Å². The Labute approximate surface area is 121 Å². The molecule has 2 aromatic rings. The zero-order chi connectivity index (χ0) is 15.2. The Morgan fingerprint density at radius 1 is 0.810 bits per heavy atom. The van der Waals surface area contributed by atoms with Crippen LogP contribution in [0.5, 0.6) is 0 Å². The third kappa shape index (κ3) is 4.06. The second-order valence-electron chi connectivity index (χ2n) is 4.94. The lowest BCUT2D eigenvalue weighted by molar-refractivity contribution is 0.456. The summed E-state index contributed by atoms with van der Waals surface area (Å²) in [5.41, 5.74) is 0.486. The van der Waals surface area contributed by atoms with Gasteiger partial charge in [0.25, 0.3) is 0 Å². The van der Waals surface area contributed by atoms with Crippen molar-refractivity contribution in [3.63, 3.8) is 0 Å². The molecule has 112 valence electrons. The number of aryl methyl sites for hydroxylation is 1. The van der Waals surface area contributed by atoms with E-state index in [1.165, 1.54) is 30.3 Å². The summed E-state index contributed by atoms with van der Waals surface area (Å²) in [6.07, 6.45) is 2.33. The number of unbranched alkanes of at least 4 members (excludes halogenated alkanes) is 2. The summed E-state index contributed by atoms with van der Waals surface area (Å²) in [5, 5.41) is 0. The van der Waals surface area contributed by atoms with Crippen LogP contribution in [0.3, 0.4) is 0 Å². The molecule has 21 heavy (non-hydrogen) atoms. The Kier molecular flexibility index (Phi) is 5.37. The van der Waals surface area contributed by atoms with Crippen molar-refractivity contribution in [2.45, 2.75) is 25.7 Å². The van der Waals surface area contributed by atoms with Crippen molar-refractivity contribution in [1.82, 2.24) is 0 Å². The summed E-state index contributed by atoms with van der Waals surface area (Å²) in [6, 6.07) is 7.72. The molecule has 4 heteroatoms. The largest absolute Gasteiger partial charge is 0.251 e. The van der Waals surface area contributed by atoms with Crippen molar-refractivity contribution >= 4 is 0 Å². The lowest BCUT2D eigenvalue weighted by Gasteiger charge is -2.09. The van der Waals surface area contributed by atoms with Gasteiger partial charge in [-0.2, -0.15) is 0 Å². The van der Waals surface area contributed by atoms with E-state index in [0.29, 0.717) is 31.2 Å². The van der Waals surface area contributed by atoms with E-state index in [0.717, 1.165) is 6.07 Å². The maximum Gasteiger partial charge on any atom is 0.134 e. The molecule has 0 fully saturated rings. The lowest BCUT2D eigenvalue weighted by Crippen LogP contribution is -1.96. The van der Waals surface area contributed by atoms with Crippen LogP contribution in [-0.2, 0) is 6.42 Å². The first-order chi connectivity index (χ1) is 10.1. The van der Waals surface area contributed by atoms with Crippen LogP contribution < -0.4 is 0 Å². The summed E-state index contributed by atoms with van der Waals surface area (Å²) in [6.45, 7) is -0.374. The van der Waals surface area contributed by atoms with E-state index in [1.54, 1.807) is 0 Å². The van der Waals surface area contributed by atoms with Crippen molar-refractivity contribution in [1.29, 1.82) is 0 Å². The van der Waals surface area contributed by atoms with Crippen LogP contribution >= 0.6 is 0 Å². The van der Waals surface area contributed by atoms with Gasteiger partial charge in [-0.15, -0.1) is 0 Å². The van der Waals surface area contributed by atoms with Crippen molar-refractivity contribution < 1.29 is 17.6 Å². The van der Waals surface area contributed by atoms with Crippen LogP contribution in [0.2, 0.25) is 0 Å². The van der Waals surface area contributed by atoms with Crippen molar-refractivity contribution in [3.8, 4) is 11.1 Å². The molecule has 0 radical (unpaired) electrons. The van der Waals surface area contributed by atoms with Gasteiger partial charge in [-0.3, -0.25) is 4.39 Å². The molecule has 0 spiro atoms. The molecular formula is C17H16F4. The van der Waals surface area contributed by atoms with Crippen LogP contribution in [0.25, 0.3) is 11.1 Å². The molecule has 0 aliphatic rings. The van der Waals surface area contributed by atoms with Gasteiger partial charge in [0.2, 0.25) is 0 Å². The third-order valence-corrected chi connectivity index (χ3v) is 3.31. The van der Waals surface area contributed by atoms with Crippen molar-refractivity contribution in [2.24, 2.45) is 0 Å². The average Bonchev–Trinajstić information content (AvgIpc) is 2.43. The van der Waals surface area contributed by atoms with E-state index in [1.807, 2.05) is 0 Å². The molecule has 0 aliphatic heterocycles. The van der Waals surface area contributed by atoms with Crippen molar-refractivity contribution in [3.05, 3.63) is 59.4 Å². The van der Waals surface area contributed by atoms with E-state index in [-0.39, 0.29) is 17.8 Å². The zero-order valence-electron chi connectivity index (χ0n) is 11.5. The molecule has 0 aliphatic carbocycles. The zero-order valence-corrected chi connectivity index (χ0v) is 11.5. The van der Waals surface area contributed by atoms with Gasteiger partial charge < -0.3 is 0 Å². The monoisotopic (exact) mass is 296 g/mol. The van der Waals surface area contributed by atoms with Gasteiger partial charge in [0.05, 0.1) is 12.2 Å². The normalized spacial score (nSPS) is 10.9. The highest BCUT2D eigenvalue weighted by Crippen LogP contribution is 2.28. The summed E-state index contributed by atoms with van der Waals surface area (Å²) in [4.78, 5) is 0. The van der Waals surface area contributed by atoms with Crippen LogP contribution in [0.1, 0.15) is 24.8 Å². The second-order valence-corrected chi connectivity index (χ2v) is 4.94. The fourth-order valence-electron chi connectivity index (χ4n) is 2.29. The predicted octanol–water partition coefficient (Wildman–Crippen LogP) is 5.45. The van der Waals surface area contributed by atoms with Gasteiger partial charge in [0.15, 0.2) is 0 Å². The van der Waals surface area contributed by atoms with E-state index >= 15 is 0 Å². The van der Waals surface area contributed by atoms with Crippen LogP contribution in [0.4, 0.5) is 17.6 Å². The lowest BCUT2D eigenvalue weighted by atomic mass is 9.99. The minimum Gasteiger partial charge on any atom is -0.251 e. The van der Waals surface area contributed by atoms with Crippen molar-refractivity contribution in [2.75, 3.05) is 6.67 Å². The summed E-state index contributed by atoms with van der Waals surface area (Å²) in [7, 11) is 0. The van der Waals surface area contributed by atoms with Crippen LogP contribution in [-0.4, -0.2) is 6.67 Å². The number of halogens is 4. The SMILES string of the molecule is FCCCCCc1cc(F)c(-c2cccc(F)c2)c(F)c1. The summed E-state index contributed by atoms with van der Waals surface area (Å²) in [5.74, 6) is -1.95. The second kappa shape index (κ2) is 7.25. The Bertz CT molecular complexity index is 584. The number of benzene rings is 2.